The Morgan fingerprint density at radius 2 is 2.29 bits per heavy atom. The van der Waals surface area contributed by atoms with Crippen molar-refractivity contribution in [3.8, 4) is 6.07 Å². The molecule has 0 radical (unpaired) electrons. The SMILES string of the molecule is Cc1cc(C#N)cc(Cl)c1CC(=O)O. The zero-order chi connectivity index (χ0) is 10.7. The largest absolute Gasteiger partial charge is 0.481 e. The smallest absolute Gasteiger partial charge is 0.307 e. The van der Waals surface area contributed by atoms with Gasteiger partial charge in [0, 0.05) is 5.02 Å². The van der Waals surface area contributed by atoms with Crippen LogP contribution in [-0.4, -0.2) is 11.1 Å². The number of nitrogens with zero attached hydrogens (tertiary/aromatic N) is 1. The summed E-state index contributed by atoms with van der Waals surface area (Å²) in [6.45, 7) is 1.74. The van der Waals surface area contributed by atoms with Gasteiger partial charge >= 0.3 is 5.97 Å². The number of rotatable bonds is 2. The molecule has 0 aliphatic carbocycles. The van der Waals surface area contributed by atoms with E-state index in [-0.39, 0.29) is 6.42 Å². The lowest BCUT2D eigenvalue weighted by molar-refractivity contribution is -0.136. The van der Waals surface area contributed by atoms with Crippen LogP contribution in [0.15, 0.2) is 12.1 Å². The molecule has 0 aliphatic heterocycles. The number of carboxylic acids is 1. The number of nitriles is 1. The van der Waals surface area contributed by atoms with Gasteiger partial charge in [0.15, 0.2) is 0 Å². The summed E-state index contributed by atoms with van der Waals surface area (Å²) in [6.07, 6.45) is -0.115. The number of carbonyl (C=O) groups is 1. The maximum atomic E-state index is 10.5. The molecule has 0 fully saturated rings. The first-order valence-electron chi connectivity index (χ1n) is 3.95. The molecule has 0 saturated heterocycles. The minimum absolute atomic E-state index is 0.115. The standard InChI is InChI=1S/C10H8ClNO2/c1-6-2-7(5-12)3-9(11)8(6)4-10(13)14/h2-3H,4H2,1H3,(H,13,14). The van der Waals surface area contributed by atoms with Gasteiger partial charge in [-0.3, -0.25) is 4.79 Å². The summed E-state index contributed by atoms with van der Waals surface area (Å²) in [5, 5.41) is 17.6. The molecule has 0 heterocycles. The van der Waals surface area contributed by atoms with Crippen LogP contribution in [0.1, 0.15) is 16.7 Å². The number of halogens is 1. The fourth-order valence-electron chi connectivity index (χ4n) is 1.21. The highest BCUT2D eigenvalue weighted by Gasteiger charge is 2.09. The molecular formula is C10H8ClNO2. The van der Waals surface area contributed by atoms with Crippen LogP contribution < -0.4 is 0 Å². The quantitative estimate of drug-likeness (QED) is 0.812. The van der Waals surface area contributed by atoms with Crippen molar-refractivity contribution in [1.29, 1.82) is 5.26 Å². The first kappa shape index (κ1) is 10.6. The number of aryl methyl sites for hydroxylation is 1. The van der Waals surface area contributed by atoms with Gasteiger partial charge in [0.1, 0.15) is 0 Å². The summed E-state index contributed by atoms with van der Waals surface area (Å²) in [4.78, 5) is 10.5. The Balaban J connectivity index is 3.19. The van der Waals surface area contributed by atoms with Crippen molar-refractivity contribution in [3.63, 3.8) is 0 Å². The monoisotopic (exact) mass is 209 g/mol. The van der Waals surface area contributed by atoms with Gasteiger partial charge in [0.2, 0.25) is 0 Å². The van der Waals surface area contributed by atoms with Gasteiger partial charge in [-0.2, -0.15) is 5.26 Å². The van der Waals surface area contributed by atoms with E-state index in [0.29, 0.717) is 16.1 Å². The maximum Gasteiger partial charge on any atom is 0.307 e. The third-order valence-corrected chi connectivity index (χ3v) is 2.21. The first-order chi connectivity index (χ1) is 6.54. The molecule has 0 unspecified atom stereocenters. The molecule has 1 aromatic rings. The molecule has 0 amide bonds. The third-order valence-electron chi connectivity index (χ3n) is 1.88. The summed E-state index contributed by atoms with van der Waals surface area (Å²) in [5.41, 5.74) is 1.75. The van der Waals surface area contributed by atoms with Gasteiger partial charge in [-0.25, -0.2) is 0 Å². The Morgan fingerprint density at radius 1 is 1.64 bits per heavy atom. The Hall–Kier alpha value is -1.53. The van der Waals surface area contributed by atoms with E-state index in [4.69, 9.17) is 22.0 Å². The minimum Gasteiger partial charge on any atom is -0.481 e. The number of hydrogen-bond acceptors (Lipinski definition) is 2. The van der Waals surface area contributed by atoms with Gasteiger partial charge in [-0.05, 0) is 30.2 Å². The highest BCUT2D eigenvalue weighted by Crippen LogP contribution is 2.22. The summed E-state index contributed by atoms with van der Waals surface area (Å²) >= 11 is 5.84. The summed E-state index contributed by atoms with van der Waals surface area (Å²) < 4.78 is 0. The predicted molar refractivity (Wildman–Crippen MR) is 52.2 cm³/mol. The zero-order valence-corrected chi connectivity index (χ0v) is 8.30. The van der Waals surface area contributed by atoms with Crippen molar-refractivity contribution in [2.75, 3.05) is 0 Å². The minimum atomic E-state index is -0.931. The molecule has 0 spiro atoms. The van der Waals surface area contributed by atoms with Gasteiger partial charge in [-0.15, -0.1) is 0 Å². The summed E-state index contributed by atoms with van der Waals surface area (Å²) in [7, 11) is 0. The molecule has 1 N–H and O–H groups in total. The fraction of sp³-hybridized carbons (Fsp3) is 0.200. The first-order valence-corrected chi connectivity index (χ1v) is 4.33. The lowest BCUT2D eigenvalue weighted by atomic mass is 10.0. The Labute approximate surface area is 86.5 Å². The fourth-order valence-corrected chi connectivity index (χ4v) is 1.55. The van der Waals surface area contributed by atoms with E-state index in [2.05, 4.69) is 0 Å². The highest BCUT2D eigenvalue weighted by molar-refractivity contribution is 6.31. The van der Waals surface area contributed by atoms with Crippen LogP contribution in [0.5, 0.6) is 0 Å². The lowest BCUT2D eigenvalue weighted by Crippen LogP contribution is -2.03. The Bertz CT molecular complexity index is 398. The van der Waals surface area contributed by atoms with E-state index in [1.165, 1.54) is 6.07 Å². The highest BCUT2D eigenvalue weighted by atomic mass is 35.5. The number of carboxylic acid groups (broad SMARTS) is 1. The molecule has 0 aliphatic rings. The molecule has 0 saturated carbocycles. The van der Waals surface area contributed by atoms with Gasteiger partial charge in [-0.1, -0.05) is 11.6 Å². The van der Waals surface area contributed by atoms with Crippen molar-refractivity contribution >= 4 is 17.6 Å². The lowest BCUT2D eigenvalue weighted by Gasteiger charge is -2.05. The van der Waals surface area contributed by atoms with E-state index >= 15 is 0 Å². The van der Waals surface area contributed by atoms with E-state index in [0.717, 1.165) is 5.56 Å². The van der Waals surface area contributed by atoms with Crippen LogP contribution in [0.2, 0.25) is 5.02 Å². The number of hydrogen-bond donors (Lipinski definition) is 1. The average Bonchev–Trinajstić information content (AvgIpc) is 2.10. The topological polar surface area (TPSA) is 61.1 Å². The molecule has 1 aromatic carbocycles. The summed E-state index contributed by atoms with van der Waals surface area (Å²) in [5.74, 6) is -0.931. The van der Waals surface area contributed by atoms with Crippen LogP contribution in [0, 0.1) is 18.3 Å². The third kappa shape index (κ3) is 2.24. The molecule has 72 valence electrons. The van der Waals surface area contributed by atoms with Crippen molar-refractivity contribution in [3.05, 3.63) is 33.8 Å². The van der Waals surface area contributed by atoms with Crippen LogP contribution in [-0.2, 0) is 11.2 Å². The normalized spacial score (nSPS) is 9.50. The van der Waals surface area contributed by atoms with Crippen molar-refractivity contribution in [2.24, 2.45) is 0 Å². The van der Waals surface area contributed by atoms with Gasteiger partial charge in [0.05, 0.1) is 18.1 Å². The van der Waals surface area contributed by atoms with Crippen LogP contribution in [0.4, 0.5) is 0 Å². The number of aliphatic carboxylic acids is 1. The molecule has 4 heteroatoms. The average molecular weight is 210 g/mol. The Morgan fingerprint density at radius 3 is 2.71 bits per heavy atom. The second kappa shape index (κ2) is 4.12. The van der Waals surface area contributed by atoms with Gasteiger partial charge in [0.25, 0.3) is 0 Å². The zero-order valence-electron chi connectivity index (χ0n) is 7.54. The summed E-state index contributed by atoms with van der Waals surface area (Å²) in [6, 6.07) is 5.07. The van der Waals surface area contributed by atoms with Crippen molar-refractivity contribution in [1.82, 2.24) is 0 Å². The van der Waals surface area contributed by atoms with Crippen molar-refractivity contribution in [2.45, 2.75) is 13.3 Å². The Kier molecular flexibility index (Phi) is 3.10. The van der Waals surface area contributed by atoms with E-state index in [1.54, 1.807) is 13.0 Å². The molecule has 0 aromatic heterocycles. The molecule has 14 heavy (non-hydrogen) atoms. The maximum absolute atomic E-state index is 10.5. The second-order valence-electron chi connectivity index (χ2n) is 2.94. The van der Waals surface area contributed by atoms with Gasteiger partial charge < -0.3 is 5.11 Å². The van der Waals surface area contributed by atoms with Crippen LogP contribution in [0.25, 0.3) is 0 Å². The molecular weight excluding hydrogens is 202 g/mol. The van der Waals surface area contributed by atoms with Crippen LogP contribution >= 0.6 is 11.6 Å². The predicted octanol–water partition coefficient (Wildman–Crippen LogP) is 2.15. The molecule has 3 nitrogen and oxygen atoms in total. The van der Waals surface area contributed by atoms with Crippen LogP contribution in [0.3, 0.4) is 0 Å². The van der Waals surface area contributed by atoms with E-state index in [9.17, 15) is 4.79 Å². The van der Waals surface area contributed by atoms with E-state index < -0.39 is 5.97 Å². The molecule has 1 rings (SSSR count). The molecule has 0 atom stereocenters. The van der Waals surface area contributed by atoms with Crippen molar-refractivity contribution < 1.29 is 9.90 Å². The number of benzene rings is 1. The molecule has 0 bridgehead atoms. The second-order valence-corrected chi connectivity index (χ2v) is 3.34. The van der Waals surface area contributed by atoms with E-state index in [1.807, 2.05) is 6.07 Å².